The fourth-order valence-electron chi connectivity index (χ4n) is 1.91. The van der Waals surface area contributed by atoms with Crippen LogP contribution in [0.5, 0.6) is 0 Å². The summed E-state index contributed by atoms with van der Waals surface area (Å²) in [7, 11) is 2.12. The summed E-state index contributed by atoms with van der Waals surface area (Å²) in [6.45, 7) is 3.34. The molecule has 1 rings (SSSR count). The van der Waals surface area contributed by atoms with E-state index in [9.17, 15) is 0 Å². The van der Waals surface area contributed by atoms with Crippen molar-refractivity contribution in [3.8, 4) is 0 Å². The zero-order valence-corrected chi connectivity index (χ0v) is 10.6. The molecule has 16 heavy (non-hydrogen) atoms. The summed E-state index contributed by atoms with van der Waals surface area (Å²) in [4.78, 5) is 2.25. The average molecular weight is 220 g/mol. The highest BCUT2D eigenvalue weighted by atomic mass is 15.1. The molecule has 0 saturated carbocycles. The Morgan fingerprint density at radius 1 is 1.06 bits per heavy atom. The number of para-hydroxylation sites is 2. The van der Waals surface area contributed by atoms with Crippen molar-refractivity contribution in [2.75, 3.05) is 24.2 Å². The van der Waals surface area contributed by atoms with Gasteiger partial charge in [0.05, 0.1) is 11.4 Å². The molecular formula is C14H24N2. The van der Waals surface area contributed by atoms with Crippen molar-refractivity contribution in [2.24, 2.45) is 0 Å². The summed E-state index contributed by atoms with van der Waals surface area (Å²) < 4.78 is 0. The van der Waals surface area contributed by atoms with Crippen LogP contribution in [0, 0.1) is 0 Å². The van der Waals surface area contributed by atoms with Crippen molar-refractivity contribution in [1.29, 1.82) is 0 Å². The molecule has 0 aromatic heterocycles. The van der Waals surface area contributed by atoms with Gasteiger partial charge in [-0.05, 0) is 18.6 Å². The van der Waals surface area contributed by atoms with Crippen molar-refractivity contribution in [3.05, 3.63) is 24.3 Å². The fourth-order valence-corrected chi connectivity index (χ4v) is 1.91. The molecule has 0 radical (unpaired) electrons. The molecule has 0 fully saturated rings. The summed E-state index contributed by atoms with van der Waals surface area (Å²) in [6, 6.07) is 8.07. The van der Waals surface area contributed by atoms with Gasteiger partial charge in [0.2, 0.25) is 0 Å². The molecule has 2 N–H and O–H groups in total. The van der Waals surface area contributed by atoms with Crippen molar-refractivity contribution in [2.45, 2.75) is 39.0 Å². The smallest absolute Gasteiger partial charge is 0.0597 e. The highest BCUT2D eigenvalue weighted by molar-refractivity contribution is 5.66. The first-order valence-electron chi connectivity index (χ1n) is 6.31. The highest BCUT2D eigenvalue weighted by Gasteiger charge is 2.03. The normalized spacial score (nSPS) is 10.4. The third-order valence-corrected chi connectivity index (χ3v) is 2.95. The largest absolute Gasteiger partial charge is 0.397 e. The van der Waals surface area contributed by atoms with Gasteiger partial charge in [0.15, 0.2) is 0 Å². The van der Waals surface area contributed by atoms with Crippen LogP contribution in [0.2, 0.25) is 0 Å². The van der Waals surface area contributed by atoms with E-state index >= 15 is 0 Å². The molecule has 0 aliphatic carbocycles. The summed E-state index contributed by atoms with van der Waals surface area (Å²) in [5.41, 5.74) is 7.96. The number of unbranched alkanes of at least 4 members (excludes halogenated alkanes) is 4. The molecule has 90 valence electrons. The van der Waals surface area contributed by atoms with E-state index in [-0.39, 0.29) is 0 Å². The van der Waals surface area contributed by atoms with Gasteiger partial charge < -0.3 is 10.6 Å². The first-order valence-corrected chi connectivity index (χ1v) is 6.31. The van der Waals surface area contributed by atoms with Crippen molar-refractivity contribution in [3.63, 3.8) is 0 Å². The molecule has 1 aromatic rings. The molecule has 0 aliphatic heterocycles. The lowest BCUT2D eigenvalue weighted by molar-refractivity contribution is 0.630. The molecule has 1 aromatic carbocycles. The Morgan fingerprint density at radius 2 is 1.75 bits per heavy atom. The van der Waals surface area contributed by atoms with Gasteiger partial charge in [0.1, 0.15) is 0 Å². The van der Waals surface area contributed by atoms with Crippen LogP contribution in [0.25, 0.3) is 0 Å². The summed E-state index contributed by atoms with van der Waals surface area (Å²) in [5.74, 6) is 0. The highest BCUT2D eigenvalue weighted by Crippen LogP contribution is 2.21. The second-order valence-electron chi connectivity index (χ2n) is 4.39. The maximum Gasteiger partial charge on any atom is 0.0597 e. The lowest BCUT2D eigenvalue weighted by Crippen LogP contribution is -2.19. The topological polar surface area (TPSA) is 29.3 Å². The van der Waals surface area contributed by atoms with Crippen LogP contribution >= 0.6 is 0 Å². The Labute approximate surface area is 99.5 Å². The van der Waals surface area contributed by atoms with E-state index in [1.807, 2.05) is 18.2 Å². The van der Waals surface area contributed by atoms with Gasteiger partial charge in [0, 0.05) is 13.6 Å². The van der Waals surface area contributed by atoms with Crippen LogP contribution in [0.3, 0.4) is 0 Å². The molecule has 2 heteroatoms. The Balaban J connectivity index is 2.30. The van der Waals surface area contributed by atoms with Gasteiger partial charge in [-0.2, -0.15) is 0 Å². The number of hydrogen-bond donors (Lipinski definition) is 1. The van der Waals surface area contributed by atoms with Gasteiger partial charge in [-0.15, -0.1) is 0 Å². The maximum absolute atomic E-state index is 5.93. The minimum Gasteiger partial charge on any atom is -0.397 e. The number of benzene rings is 1. The molecule has 0 saturated heterocycles. The minimum absolute atomic E-state index is 0.874. The first-order chi connectivity index (χ1) is 7.75. The Kier molecular flexibility index (Phi) is 5.76. The standard InChI is InChI=1S/C14H24N2/c1-3-4-5-6-9-12-16(2)14-11-8-7-10-13(14)15/h7-8,10-11H,3-6,9,12,15H2,1-2H3. The minimum atomic E-state index is 0.874. The third kappa shape index (κ3) is 4.13. The zero-order valence-electron chi connectivity index (χ0n) is 10.6. The van der Waals surface area contributed by atoms with Crippen LogP contribution in [0.15, 0.2) is 24.3 Å². The predicted molar refractivity (Wildman–Crippen MR) is 72.9 cm³/mol. The maximum atomic E-state index is 5.93. The van der Waals surface area contributed by atoms with Gasteiger partial charge in [0.25, 0.3) is 0 Å². The SMILES string of the molecule is CCCCCCCN(C)c1ccccc1N. The van der Waals surface area contributed by atoms with Crippen molar-refractivity contribution < 1.29 is 0 Å². The van der Waals surface area contributed by atoms with Gasteiger partial charge in [-0.25, -0.2) is 0 Å². The van der Waals surface area contributed by atoms with E-state index in [0.717, 1.165) is 17.9 Å². The first kappa shape index (κ1) is 12.9. The van der Waals surface area contributed by atoms with Gasteiger partial charge in [-0.3, -0.25) is 0 Å². The van der Waals surface area contributed by atoms with Crippen molar-refractivity contribution >= 4 is 11.4 Å². The number of nitrogen functional groups attached to an aromatic ring is 1. The second kappa shape index (κ2) is 7.15. The van der Waals surface area contributed by atoms with Gasteiger partial charge in [-0.1, -0.05) is 44.7 Å². The Morgan fingerprint density at radius 3 is 2.44 bits per heavy atom. The van der Waals surface area contributed by atoms with Crippen LogP contribution in [0.4, 0.5) is 11.4 Å². The predicted octanol–water partition coefficient (Wildman–Crippen LogP) is 3.68. The zero-order chi connectivity index (χ0) is 11.8. The molecule has 0 spiro atoms. The molecule has 0 aliphatic rings. The molecular weight excluding hydrogens is 196 g/mol. The summed E-state index contributed by atoms with van der Waals surface area (Å²) in [5, 5.41) is 0. The molecule has 0 bridgehead atoms. The van der Waals surface area contributed by atoms with E-state index in [1.165, 1.54) is 32.1 Å². The molecule has 0 unspecified atom stereocenters. The second-order valence-corrected chi connectivity index (χ2v) is 4.39. The fraction of sp³-hybridized carbons (Fsp3) is 0.571. The molecule has 0 amide bonds. The van der Waals surface area contributed by atoms with Gasteiger partial charge >= 0.3 is 0 Å². The molecule has 0 heterocycles. The lowest BCUT2D eigenvalue weighted by Gasteiger charge is -2.20. The number of hydrogen-bond acceptors (Lipinski definition) is 2. The van der Waals surface area contributed by atoms with E-state index in [1.54, 1.807) is 0 Å². The Bertz CT molecular complexity index is 297. The number of nitrogens with two attached hydrogens (primary N) is 1. The number of nitrogens with zero attached hydrogens (tertiary/aromatic N) is 1. The van der Waals surface area contributed by atoms with Crippen molar-refractivity contribution in [1.82, 2.24) is 0 Å². The third-order valence-electron chi connectivity index (χ3n) is 2.95. The van der Waals surface area contributed by atoms with Crippen LogP contribution < -0.4 is 10.6 Å². The van der Waals surface area contributed by atoms with E-state index in [0.29, 0.717) is 0 Å². The number of anilines is 2. The summed E-state index contributed by atoms with van der Waals surface area (Å²) >= 11 is 0. The molecule has 2 nitrogen and oxygen atoms in total. The summed E-state index contributed by atoms with van der Waals surface area (Å²) in [6.07, 6.45) is 6.60. The molecule has 0 atom stereocenters. The monoisotopic (exact) mass is 220 g/mol. The van der Waals surface area contributed by atoms with Crippen LogP contribution in [0.1, 0.15) is 39.0 Å². The number of rotatable bonds is 7. The van der Waals surface area contributed by atoms with E-state index in [4.69, 9.17) is 5.73 Å². The van der Waals surface area contributed by atoms with E-state index < -0.39 is 0 Å². The quantitative estimate of drug-likeness (QED) is 0.561. The van der Waals surface area contributed by atoms with Crippen LogP contribution in [-0.4, -0.2) is 13.6 Å². The average Bonchev–Trinajstić information content (AvgIpc) is 2.29. The van der Waals surface area contributed by atoms with Crippen LogP contribution in [-0.2, 0) is 0 Å². The van der Waals surface area contributed by atoms with E-state index in [2.05, 4.69) is 24.9 Å². The Hall–Kier alpha value is -1.18. The lowest BCUT2D eigenvalue weighted by atomic mass is 10.1.